The van der Waals surface area contributed by atoms with Gasteiger partial charge in [0, 0.05) is 6.42 Å². The number of aryl methyl sites for hydroxylation is 2. The van der Waals surface area contributed by atoms with Crippen molar-refractivity contribution in [2.45, 2.75) is 27.2 Å². The van der Waals surface area contributed by atoms with Gasteiger partial charge in [0.15, 0.2) is 11.3 Å². The Morgan fingerprint density at radius 1 is 1.41 bits per heavy atom. The molecular formula is C12H15N3O2. The normalized spacial score (nSPS) is 10.8. The average Bonchev–Trinajstić information content (AvgIpc) is 2.73. The number of aromatic nitrogens is 3. The number of carbonyl (C=O) groups is 1. The molecule has 5 heteroatoms. The number of aromatic amines is 1. The van der Waals surface area contributed by atoms with E-state index in [2.05, 4.69) is 15.0 Å². The summed E-state index contributed by atoms with van der Waals surface area (Å²) in [5.41, 5.74) is 2.72. The van der Waals surface area contributed by atoms with Crippen LogP contribution in [0.3, 0.4) is 0 Å². The fourth-order valence-corrected chi connectivity index (χ4v) is 1.67. The van der Waals surface area contributed by atoms with Crippen molar-refractivity contribution in [1.29, 1.82) is 0 Å². The van der Waals surface area contributed by atoms with Gasteiger partial charge in [-0.25, -0.2) is 14.8 Å². The average molecular weight is 233 g/mol. The lowest BCUT2D eigenvalue weighted by molar-refractivity contribution is 0.0520. The van der Waals surface area contributed by atoms with Gasteiger partial charge in [0.05, 0.1) is 12.1 Å². The Morgan fingerprint density at radius 2 is 2.18 bits per heavy atom. The van der Waals surface area contributed by atoms with Crippen LogP contribution in [0, 0.1) is 6.92 Å². The van der Waals surface area contributed by atoms with E-state index in [4.69, 9.17) is 4.74 Å². The second kappa shape index (κ2) is 4.53. The van der Waals surface area contributed by atoms with Crippen LogP contribution in [0.1, 0.15) is 35.7 Å². The van der Waals surface area contributed by atoms with E-state index in [1.54, 1.807) is 13.0 Å². The SMILES string of the molecule is CCOC(=O)c1cc(C)c2[nH]c(CC)nc2n1. The highest BCUT2D eigenvalue weighted by molar-refractivity contribution is 5.90. The summed E-state index contributed by atoms with van der Waals surface area (Å²) in [4.78, 5) is 23.3. The van der Waals surface area contributed by atoms with Gasteiger partial charge in [-0.3, -0.25) is 0 Å². The molecule has 0 aliphatic rings. The first-order valence-electron chi connectivity index (χ1n) is 5.69. The number of hydrogen-bond acceptors (Lipinski definition) is 4. The van der Waals surface area contributed by atoms with E-state index in [1.807, 2.05) is 13.8 Å². The standard InChI is InChI=1S/C12H15N3O2/c1-4-9-14-10-7(3)6-8(12(16)17-5-2)13-11(10)15-9/h6H,4-5H2,1-3H3,(H,13,14,15). The molecule has 0 atom stereocenters. The Hall–Kier alpha value is -1.91. The van der Waals surface area contributed by atoms with Crippen LogP contribution in [0.15, 0.2) is 6.07 Å². The van der Waals surface area contributed by atoms with E-state index >= 15 is 0 Å². The van der Waals surface area contributed by atoms with E-state index < -0.39 is 5.97 Å². The molecule has 5 nitrogen and oxygen atoms in total. The van der Waals surface area contributed by atoms with Gasteiger partial charge < -0.3 is 9.72 Å². The van der Waals surface area contributed by atoms with Gasteiger partial charge in [0.2, 0.25) is 0 Å². The number of H-pyrrole nitrogens is 1. The van der Waals surface area contributed by atoms with Crippen molar-refractivity contribution in [3.05, 3.63) is 23.1 Å². The number of ether oxygens (including phenoxy) is 1. The molecule has 2 aromatic heterocycles. The highest BCUT2D eigenvalue weighted by Crippen LogP contribution is 2.16. The molecule has 90 valence electrons. The van der Waals surface area contributed by atoms with Gasteiger partial charge in [-0.2, -0.15) is 0 Å². The Kier molecular flexibility index (Phi) is 3.08. The summed E-state index contributed by atoms with van der Waals surface area (Å²) in [7, 11) is 0. The smallest absolute Gasteiger partial charge is 0.357 e. The number of carbonyl (C=O) groups excluding carboxylic acids is 1. The van der Waals surface area contributed by atoms with Crippen LogP contribution in [0.4, 0.5) is 0 Å². The first-order chi connectivity index (χ1) is 8.15. The molecule has 2 aromatic rings. The highest BCUT2D eigenvalue weighted by atomic mass is 16.5. The van der Waals surface area contributed by atoms with Crippen molar-refractivity contribution in [1.82, 2.24) is 15.0 Å². The van der Waals surface area contributed by atoms with E-state index in [9.17, 15) is 4.79 Å². The predicted octanol–water partition coefficient (Wildman–Crippen LogP) is 2.01. The van der Waals surface area contributed by atoms with Crippen LogP contribution in [0.2, 0.25) is 0 Å². The van der Waals surface area contributed by atoms with Crippen LogP contribution in [0.25, 0.3) is 11.2 Å². The molecule has 0 aromatic carbocycles. The monoisotopic (exact) mass is 233 g/mol. The summed E-state index contributed by atoms with van der Waals surface area (Å²) in [6, 6.07) is 1.72. The maximum atomic E-state index is 11.6. The zero-order chi connectivity index (χ0) is 12.4. The van der Waals surface area contributed by atoms with Crippen LogP contribution < -0.4 is 0 Å². The third kappa shape index (κ3) is 2.13. The van der Waals surface area contributed by atoms with Crippen LogP contribution >= 0.6 is 0 Å². The summed E-state index contributed by atoms with van der Waals surface area (Å²) in [6.07, 6.45) is 0.810. The molecule has 0 aliphatic heterocycles. The highest BCUT2D eigenvalue weighted by Gasteiger charge is 2.13. The lowest BCUT2D eigenvalue weighted by Crippen LogP contribution is -2.07. The molecule has 0 saturated heterocycles. The molecule has 0 fully saturated rings. The zero-order valence-corrected chi connectivity index (χ0v) is 10.2. The maximum absolute atomic E-state index is 11.6. The van der Waals surface area contributed by atoms with E-state index in [1.165, 1.54) is 0 Å². The maximum Gasteiger partial charge on any atom is 0.357 e. The lowest BCUT2D eigenvalue weighted by atomic mass is 10.2. The van der Waals surface area contributed by atoms with Crippen molar-refractivity contribution in [3.63, 3.8) is 0 Å². The lowest BCUT2D eigenvalue weighted by Gasteiger charge is -2.02. The molecule has 17 heavy (non-hydrogen) atoms. The van der Waals surface area contributed by atoms with Crippen molar-refractivity contribution in [2.24, 2.45) is 0 Å². The summed E-state index contributed by atoms with van der Waals surface area (Å²) in [5, 5.41) is 0. The first-order valence-corrected chi connectivity index (χ1v) is 5.69. The van der Waals surface area contributed by atoms with Gasteiger partial charge in [-0.1, -0.05) is 6.92 Å². The molecule has 0 spiro atoms. The quantitative estimate of drug-likeness (QED) is 0.823. The third-order valence-corrected chi connectivity index (χ3v) is 2.53. The minimum Gasteiger partial charge on any atom is -0.461 e. The molecule has 1 N–H and O–H groups in total. The number of rotatable bonds is 3. The van der Waals surface area contributed by atoms with Gasteiger partial charge in [-0.15, -0.1) is 0 Å². The molecule has 0 bridgehead atoms. The molecule has 2 rings (SSSR count). The van der Waals surface area contributed by atoms with Gasteiger partial charge in [0.25, 0.3) is 0 Å². The number of imidazole rings is 1. The molecule has 0 unspecified atom stereocenters. The van der Waals surface area contributed by atoms with Gasteiger partial charge in [0.1, 0.15) is 5.82 Å². The van der Waals surface area contributed by atoms with Crippen molar-refractivity contribution in [3.8, 4) is 0 Å². The summed E-state index contributed by atoms with van der Waals surface area (Å²) < 4.78 is 4.93. The number of esters is 1. The van der Waals surface area contributed by atoms with Crippen LogP contribution in [-0.4, -0.2) is 27.5 Å². The number of pyridine rings is 1. The molecule has 0 amide bonds. The number of nitrogens with zero attached hydrogens (tertiary/aromatic N) is 2. The first kappa shape index (κ1) is 11.6. The topological polar surface area (TPSA) is 67.9 Å². The van der Waals surface area contributed by atoms with Crippen molar-refractivity contribution < 1.29 is 9.53 Å². The Labute approximate surface area is 99.2 Å². The Morgan fingerprint density at radius 3 is 2.82 bits per heavy atom. The van der Waals surface area contributed by atoms with Gasteiger partial charge >= 0.3 is 5.97 Å². The third-order valence-electron chi connectivity index (χ3n) is 2.53. The summed E-state index contributed by atoms with van der Waals surface area (Å²) >= 11 is 0. The minimum absolute atomic E-state index is 0.311. The van der Waals surface area contributed by atoms with Gasteiger partial charge in [-0.05, 0) is 25.5 Å². The minimum atomic E-state index is -0.404. The molecule has 2 heterocycles. The Balaban J connectivity index is 2.50. The number of nitrogens with one attached hydrogen (secondary N) is 1. The second-order valence-corrected chi connectivity index (χ2v) is 3.78. The van der Waals surface area contributed by atoms with Crippen LogP contribution in [-0.2, 0) is 11.2 Å². The van der Waals surface area contributed by atoms with E-state index in [0.717, 1.165) is 23.3 Å². The second-order valence-electron chi connectivity index (χ2n) is 3.78. The van der Waals surface area contributed by atoms with E-state index in [-0.39, 0.29) is 0 Å². The number of fused-ring (bicyclic) bond motifs is 1. The Bertz CT molecular complexity index is 560. The van der Waals surface area contributed by atoms with E-state index in [0.29, 0.717) is 17.9 Å². The van der Waals surface area contributed by atoms with Crippen molar-refractivity contribution in [2.75, 3.05) is 6.61 Å². The molecule has 0 saturated carbocycles. The molecular weight excluding hydrogens is 218 g/mol. The number of hydrogen-bond donors (Lipinski definition) is 1. The largest absolute Gasteiger partial charge is 0.461 e. The zero-order valence-electron chi connectivity index (χ0n) is 10.2. The van der Waals surface area contributed by atoms with Crippen molar-refractivity contribution >= 4 is 17.1 Å². The summed E-state index contributed by atoms with van der Waals surface area (Å²) in [6.45, 7) is 6.05. The fraction of sp³-hybridized carbons (Fsp3) is 0.417. The molecule has 0 aliphatic carbocycles. The van der Waals surface area contributed by atoms with Crippen LogP contribution in [0.5, 0.6) is 0 Å². The fourth-order valence-electron chi connectivity index (χ4n) is 1.67. The molecule has 0 radical (unpaired) electrons. The predicted molar refractivity (Wildman–Crippen MR) is 64.0 cm³/mol. The summed E-state index contributed by atoms with van der Waals surface area (Å²) in [5.74, 6) is 0.468.